The van der Waals surface area contributed by atoms with Crippen molar-refractivity contribution in [3.05, 3.63) is 65.2 Å². The lowest BCUT2D eigenvalue weighted by Gasteiger charge is -2.24. The summed E-state index contributed by atoms with van der Waals surface area (Å²) in [5.41, 5.74) is 14.4. The predicted octanol–water partition coefficient (Wildman–Crippen LogP) is 3.22. The number of benzene rings is 2. The molecule has 3 rings (SSSR count). The lowest BCUT2D eigenvalue weighted by molar-refractivity contribution is -0.124. The number of aromatic hydroxyl groups is 1. The molecule has 2 unspecified atom stereocenters. The van der Waals surface area contributed by atoms with Crippen LogP contribution in [0.4, 0.5) is 0 Å². The van der Waals surface area contributed by atoms with Crippen LogP contribution in [0.25, 0.3) is 0 Å². The van der Waals surface area contributed by atoms with Gasteiger partial charge in [-0.05, 0) is 48.9 Å². The maximum Gasteiger partial charge on any atom is 0.224 e. The third kappa shape index (κ3) is 3.44. The van der Waals surface area contributed by atoms with Crippen LogP contribution in [0.3, 0.4) is 0 Å². The summed E-state index contributed by atoms with van der Waals surface area (Å²) in [7, 11) is 0. The molecule has 1 fully saturated rings. The smallest absolute Gasteiger partial charge is 0.224 e. The first-order chi connectivity index (χ1) is 11.8. The number of nitrogens with two attached hydrogens (primary N) is 2. The quantitative estimate of drug-likeness (QED) is 0.725. The van der Waals surface area contributed by atoms with Crippen molar-refractivity contribution in [3.8, 4) is 5.75 Å². The first-order valence-electron chi connectivity index (χ1n) is 8.68. The standard InChI is InChI=1S/C21H26N2O2.ClH/c1-14-10-15(8-9-18(14)24)11-17(22)12-21(19(23)25)13-20(21,2)16-6-4-3-5-7-16;/h3-10,17,24H,11-13,22H2,1-2H3,(H2,23,25);1H/t17-,20?,21?;/m0./s1. The summed E-state index contributed by atoms with van der Waals surface area (Å²) < 4.78 is 0. The van der Waals surface area contributed by atoms with Crippen molar-refractivity contribution >= 4 is 18.3 Å². The number of phenolic OH excluding ortho intramolecular Hbond substituents is 1. The molecule has 1 saturated carbocycles. The molecule has 0 bridgehead atoms. The van der Waals surface area contributed by atoms with Gasteiger partial charge in [-0.1, -0.05) is 49.4 Å². The van der Waals surface area contributed by atoms with Gasteiger partial charge in [0.15, 0.2) is 0 Å². The van der Waals surface area contributed by atoms with Crippen LogP contribution in [0.5, 0.6) is 5.75 Å². The summed E-state index contributed by atoms with van der Waals surface area (Å²) in [5.74, 6) is 0.0148. The van der Waals surface area contributed by atoms with Gasteiger partial charge in [0, 0.05) is 11.5 Å². The minimum Gasteiger partial charge on any atom is -0.508 e. The van der Waals surface area contributed by atoms with E-state index in [1.54, 1.807) is 6.07 Å². The van der Waals surface area contributed by atoms with Crippen LogP contribution in [0.1, 0.15) is 36.5 Å². The molecule has 0 spiro atoms. The zero-order valence-corrected chi connectivity index (χ0v) is 16.1. The average Bonchev–Trinajstić information content (AvgIpc) is 3.19. The van der Waals surface area contributed by atoms with Crippen molar-refractivity contribution < 1.29 is 9.90 Å². The first-order valence-corrected chi connectivity index (χ1v) is 8.68. The van der Waals surface area contributed by atoms with Gasteiger partial charge in [0.2, 0.25) is 5.91 Å². The number of primary amides is 1. The maximum atomic E-state index is 12.3. The summed E-state index contributed by atoms with van der Waals surface area (Å²) in [6, 6.07) is 15.4. The van der Waals surface area contributed by atoms with Crippen LogP contribution in [0.15, 0.2) is 48.5 Å². The Morgan fingerprint density at radius 1 is 1.23 bits per heavy atom. The van der Waals surface area contributed by atoms with E-state index in [0.29, 0.717) is 12.8 Å². The van der Waals surface area contributed by atoms with Gasteiger partial charge in [0.05, 0.1) is 5.41 Å². The highest BCUT2D eigenvalue weighted by Gasteiger charge is 2.68. The van der Waals surface area contributed by atoms with Gasteiger partial charge in [-0.2, -0.15) is 0 Å². The molecule has 0 heterocycles. The summed E-state index contributed by atoms with van der Waals surface area (Å²) in [6.07, 6.45) is 1.95. The van der Waals surface area contributed by atoms with Crippen molar-refractivity contribution in [1.29, 1.82) is 0 Å². The molecule has 3 atom stereocenters. The second kappa shape index (κ2) is 7.29. The number of rotatable bonds is 6. The molecule has 140 valence electrons. The van der Waals surface area contributed by atoms with Gasteiger partial charge in [-0.25, -0.2) is 0 Å². The zero-order valence-electron chi connectivity index (χ0n) is 15.2. The Morgan fingerprint density at radius 2 is 1.88 bits per heavy atom. The highest BCUT2D eigenvalue weighted by molar-refractivity contribution is 5.87. The Balaban J connectivity index is 0.00000243. The fraction of sp³-hybridized carbons (Fsp3) is 0.381. The lowest BCUT2D eigenvalue weighted by atomic mass is 9.82. The van der Waals surface area contributed by atoms with Crippen LogP contribution in [-0.2, 0) is 16.6 Å². The number of carbonyl (C=O) groups is 1. The number of phenols is 1. The van der Waals surface area contributed by atoms with E-state index in [2.05, 4.69) is 19.1 Å². The second-order valence-corrected chi connectivity index (χ2v) is 7.61. The molecule has 2 aromatic rings. The van der Waals surface area contributed by atoms with Crippen molar-refractivity contribution in [2.45, 2.75) is 44.6 Å². The summed E-state index contributed by atoms with van der Waals surface area (Å²) in [5, 5.41) is 9.65. The number of hydrogen-bond acceptors (Lipinski definition) is 3. The molecular formula is C21H27ClN2O2. The number of amides is 1. The second-order valence-electron chi connectivity index (χ2n) is 7.61. The van der Waals surface area contributed by atoms with Crippen molar-refractivity contribution in [1.82, 2.24) is 0 Å². The van der Waals surface area contributed by atoms with E-state index in [-0.39, 0.29) is 35.5 Å². The molecule has 26 heavy (non-hydrogen) atoms. The zero-order chi connectivity index (χ0) is 18.2. The molecule has 2 aromatic carbocycles. The maximum absolute atomic E-state index is 12.3. The van der Waals surface area contributed by atoms with Crippen LogP contribution in [-0.4, -0.2) is 17.1 Å². The SMILES string of the molecule is Cc1cc(C[C@H](N)CC2(C(N)=O)CC2(C)c2ccccc2)ccc1O.Cl. The molecule has 1 aliphatic carbocycles. The summed E-state index contributed by atoms with van der Waals surface area (Å²) >= 11 is 0. The average molecular weight is 375 g/mol. The van der Waals surface area contributed by atoms with Crippen molar-refractivity contribution in [3.63, 3.8) is 0 Å². The number of carbonyl (C=O) groups excluding carboxylic acids is 1. The van der Waals surface area contributed by atoms with Gasteiger partial charge >= 0.3 is 0 Å². The third-order valence-corrected chi connectivity index (χ3v) is 5.84. The molecule has 5 N–H and O–H groups in total. The van der Waals surface area contributed by atoms with Crippen molar-refractivity contribution in [2.24, 2.45) is 16.9 Å². The Labute approximate surface area is 161 Å². The Hall–Kier alpha value is -2.04. The van der Waals surface area contributed by atoms with E-state index in [9.17, 15) is 9.90 Å². The molecular weight excluding hydrogens is 348 g/mol. The molecule has 0 saturated heterocycles. The van der Waals surface area contributed by atoms with E-state index >= 15 is 0 Å². The lowest BCUT2D eigenvalue weighted by Crippen LogP contribution is -2.38. The molecule has 1 aliphatic rings. The monoisotopic (exact) mass is 374 g/mol. The number of hydrogen-bond donors (Lipinski definition) is 3. The fourth-order valence-electron chi connectivity index (χ4n) is 4.17. The molecule has 1 amide bonds. The van der Waals surface area contributed by atoms with Gasteiger partial charge in [-0.3, -0.25) is 4.79 Å². The normalized spacial score (nSPS) is 25.2. The van der Waals surface area contributed by atoms with E-state index in [1.807, 2.05) is 37.3 Å². The minimum absolute atomic E-state index is 0. The molecule has 0 aromatic heterocycles. The number of halogens is 1. The Morgan fingerprint density at radius 3 is 2.46 bits per heavy atom. The van der Waals surface area contributed by atoms with Gasteiger partial charge in [0.1, 0.15) is 5.75 Å². The highest BCUT2D eigenvalue weighted by atomic mass is 35.5. The fourth-order valence-corrected chi connectivity index (χ4v) is 4.17. The van der Waals surface area contributed by atoms with Crippen molar-refractivity contribution in [2.75, 3.05) is 0 Å². The summed E-state index contributed by atoms with van der Waals surface area (Å²) in [4.78, 5) is 12.3. The molecule has 0 radical (unpaired) electrons. The number of aryl methyl sites for hydroxylation is 1. The van der Waals surface area contributed by atoms with Crippen LogP contribution >= 0.6 is 12.4 Å². The van der Waals surface area contributed by atoms with E-state index in [1.165, 1.54) is 0 Å². The van der Waals surface area contributed by atoms with E-state index in [4.69, 9.17) is 11.5 Å². The van der Waals surface area contributed by atoms with E-state index < -0.39 is 5.41 Å². The molecule has 0 aliphatic heterocycles. The Kier molecular flexibility index (Phi) is 5.69. The largest absolute Gasteiger partial charge is 0.508 e. The Bertz CT molecular complexity index is 796. The molecule has 5 heteroatoms. The highest BCUT2D eigenvalue weighted by Crippen LogP contribution is 2.66. The van der Waals surface area contributed by atoms with E-state index in [0.717, 1.165) is 23.1 Å². The van der Waals surface area contributed by atoms with Crippen LogP contribution < -0.4 is 11.5 Å². The van der Waals surface area contributed by atoms with Crippen LogP contribution in [0.2, 0.25) is 0 Å². The summed E-state index contributed by atoms with van der Waals surface area (Å²) in [6.45, 7) is 3.97. The predicted molar refractivity (Wildman–Crippen MR) is 106 cm³/mol. The van der Waals surface area contributed by atoms with Gasteiger partial charge in [-0.15, -0.1) is 12.4 Å². The van der Waals surface area contributed by atoms with Gasteiger partial charge in [0.25, 0.3) is 0 Å². The third-order valence-electron chi connectivity index (χ3n) is 5.84. The molecule has 4 nitrogen and oxygen atoms in total. The minimum atomic E-state index is -0.584. The van der Waals surface area contributed by atoms with Crippen LogP contribution in [0, 0.1) is 12.3 Å². The topological polar surface area (TPSA) is 89.3 Å². The van der Waals surface area contributed by atoms with Gasteiger partial charge < -0.3 is 16.6 Å². The first kappa shape index (κ1) is 20.3.